The van der Waals surface area contributed by atoms with Crippen molar-refractivity contribution in [2.75, 3.05) is 43.4 Å². The maximum atomic E-state index is 13.2. The number of nitrogens with one attached hydrogen (secondary N) is 2. The minimum Gasteiger partial charge on any atom is -0.369 e. The van der Waals surface area contributed by atoms with E-state index in [4.69, 9.17) is 0 Å². The Kier molecular flexibility index (Phi) is 5.84. The van der Waals surface area contributed by atoms with Crippen molar-refractivity contribution >= 4 is 27.4 Å². The molecule has 3 heterocycles. The number of carbonyl (C=O) groups excluding carboxylic acids is 1. The molecular weight excluding hydrogens is 459 g/mol. The van der Waals surface area contributed by atoms with E-state index in [1.54, 1.807) is 12.1 Å². The summed E-state index contributed by atoms with van der Waals surface area (Å²) >= 11 is 0. The highest BCUT2D eigenvalue weighted by Crippen LogP contribution is 2.32. The molecule has 2 aliphatic heterocycles. The second kappa shape index (κ2) is 8.82. The average Bonchev–Trinajstić information content (AvgIpc) is 3.42. The van der Waals surface area contributed by atoms with Gasteiger partial charge in [0.15, 0.2) is 5.82 Å². The van der Waals surface area contributed by atoms with Gasteiger partial charge < -0.3 is 15.1 Å². The summed E-state index contributed by atoms with van der Waals surface area (Å²) in [5, 5.41) is 9.77. The van der Waals surface area contributed by atoms with Gasteiger partial charge in [0.05, 0.1) is 17.1 Å². The number of piperazine rings is 1. The number of amides is 1. The molecule has 1 fully saturated rings. The molecule has 0 bridgehead atoms. The van der Waals surface area contributed by atoms with Crippen molar-refractivity contribution < 1.29 is 17.6 Å². The smallest absolute Gasteiger partial charge is 0.256 e. The zero-order valence-corrected chi connectivity index (χ0v) is 19.5. The Hall–Kier alpha value is -3.28. The monoisotopic (exact) mass is 484 g/mol. The van der Waals surface area contributed by atoms with E-state index in [9.17, 15) is 17.6 Å². The Morgan fingerprint density at radius 1 is 1.00 bits per heavy atom. The fourth-order valence-corrected chi connectivity index (χ4v) is 5.58. The third-order valence-corrected chi connectivity index (χ3v) is 8.11. The molecule has 0 saturated carbocycles. The largest absolute Gasteiger partial charge is 0.369 e. The molecule has 2 N–H and O–H groups in total. The average molecular weight is 485 g/mol. The third-order valence-electron chi connectivity index (χ3n) is 6.30. The number of sulfonamides is 1. The van der Waals surface area contributed by atoms with Gasteiger partial charge in [0, 0.05) is 49.5 Å². The third kappa shape index (κ3) is 4.29. The number of H-pyrrole nitrogens is 1. The van der Waals surface area contributed by atoms with Crippen molar-refractivity contribution in [3.8, 4) is 0 Å². The maximum absolute atomic E-state index is 13.2. The summed E-state index contributed by atoms with van der Waals surface area (Å²) in [5.74, 6) is -0.518. The minimum absolute atomic E-state index is 0.0121. The highest BCUT2D eigenvalue weighted by atomic mass is 32.2. The van der Waals surface area contributed by atoms with Crippen molar-refractivity contribution in [3.63, 3.8) is 0 Å². The number of benzene rings is 2. The van der Waals surface area contributed by atoms with E-state index in [2.05, 4.69) is 32.4 Å². The van der Waals surface area contributed by atoms with Gasteiger partial charge in [0.2, 0.25) is 10.0 Å². The SMILES string of the molecule is CN1CCN(c2ccc(C(=O)Nc3n[nH]c4c3CN(S(=O)(=O)c3ccc(F)cc3)C4)cc2)CC1. The van der Waals surface area contributed by atoms with Crippen LogP contribution in [0.25, 0.3) is 0 Å². The second-order valence-electron chi connectivity index (χ2n) is 8.55. The second-order valence-corrected chi connectivity index (χ2v) is 10.5. The number of likely N-dealkylation sites (N-methyl/N-ethyl adjacent to an activating group) is 1. The van der Waals surface area contributed by atoms with Crippen molar-refractivity contribution in [1.82, 2.24) is 19.4 Å². The first-order valence-corrected chi connectivity index (χ1v) is 12.4. The molecule has 0 unspecified atom stereocenters. The zero-order chi connectivity index (χ0) is 23.9. The molecule has 0 spiro atoms. The van der Waals surface area contributed by atoms with Gasteiger partial charge in [-0.25, -0.2) is 12.8 Å². The first-order valence-electron chi connectivity index (χ1n) is 11.0. The van der Waals surface area contributed by atoms with Crippen LogP contribution in [0.1, 0.15) is 21.6 Å². The molecule has 1 amide bonds. The Morgan fingerprint density at radius 2 is 1.68 bits per heavy atom. The van der Waals surface area contributed by atoms with Crippen LogP contribution in [0.15, 0.2) is 53.4 Å². The molecule has 0 atom stereocenters. The van der Waals surface area contributed by atoms with Crippen LogP contribution >= 0.6 is 0 Å². The van der Waals surface area contributed by atoms with Crippen molar-refractivity contribution in [2.24, 2.45) is 0 Å². The van der Waals surface area contributed by atoms with Gasteiger partial charge >= 0.3 is 0 Å². The fourth-order valence-electron chi connectivity index (χ4n) is 4.21. The van der Waals surface area contributed by atoms with E-state index in [1.165, 1.54) is 16.4 Å². The van der Waals surface area contributed by atoms with E-state index in [-0.39, 0.29) is 23.9 Å². The predicted octanol–water partition coefficient (Wildman–Crippen LogP) is 2.26. The van der Waals surface area contributed by atoms with E-state index in [1.807, 2.05) is 12.1 Å². The van der Waals surface area contributed by atoms with Gasteiger partial charge in [-0.2, -0.15) is 9.40 Å². The molecule has 0 aliphatic carbocycles. The molecule has 3 aromatic rings. The molecule has 0 radical (unpaired) electrons. The Labute approximate surface area is 197 Å². The number of fused-ring (bicyclic) bond motifs is 1. The quantitative estimate of drug-likeness (QED) is 0.576. The molecule has 5 rings (SSSR count). The predicted molar refractivity (Wildman–Crippen MR) is 126 cm³/mol. The summed E-state index contributed by atoms with van der Waals surface area (Å²) in [6, 6.07) is 12.1. The standard InChI is InChI=1S/C23H25FN6O3S/c1-28-10-12-29(13-11-28)18-6-2-16(3-7-18)23(31)25-22-20-14-30(15-21(20)26-27-22)34(32,33)19-8-4-17(24)5-9-19/h2-9H,10-15H2,1H3,(H2,25,26,27,31). The molecule has 34 heavy (non-hydrogen) atoms. The molecule has 2 aromatic carbocycles. The summed E-state index contributed by atoms with van der Waals surface area (Å²) in [6.07, 6.45) is 0. The highest BCUT2D eigenvalue weighted by molar-refractivity contribution is 7.89. The molecule has 11 heteroatoms. The van der Waals surface area contributed by atoms with Crippen LogP contribution in [0.5, 0.6) is 0 Å². The van der Waals surface area contributed by atoms with Gasteiger partial charge in [-0.15, -0.1) is 0 Å². The number of anilines is 2. The van der Waals surface area contributed by atoms with Crippen LogP contribution < -0.4 is 10.2 Å². The Morgan fingerprint density at radius 3 is 2.35 bits per heavy atom. The molecular formula is C23H25FN6O3S. The summed E-state index contributed by atoms with van der Waals surface area (Å²) in [4.78, 5) is 17.4. The number of aromatic amines is 1. The lowest BCUT2D eigenvalue weighted by molar-refractivity contribution is 0.102. The number of hydrogen-bond acceptors (Lipinski definition) is 6. The van der Waals surface area contributed by atoms with E-state index in [0.717, 1.165) is 44.0 Å². The van der Waals surface area contributed by atoms with Crippen LogP contribution in [-0.4, -0.2) is 67.0 Å². The van der Waals surface area contributed by atoms with Crippen LogP contribution in [-0.2, 0) is 23.1 Å². The van der Waals surface area contributed by atoms with Gasteiger partial charge in [0.1, 0.15) is 5.82 Å². The van der Waals surface area contributed by atoms with Crippen LogP contribution in [0.3, 0.4) is 0 Å². The molecule has 1 aromatic heterocycles. The molecule has 2 aliphatic rings. The summed E-state index contributed by atoms with van der Waals surface area (Å²) in [5.41, 5.74) is 2.80. The number of nitrogens with zero attached hydrogens (tertiary/aromatic N) is 4. The van der Waals surface area contributed by atoms with E-state index >= 15 is 0 Å². The van der Waals surface area contributed by atoms with Crippen molar-refractivity contribution in [2.45, 2.75) is 18.0 Å². The number of carbonyl (C=O) groups is 1. The van der Waals surface area contributed by atoms with Crippen LogP contribution in [0.2, 0.25) is 0 Å². The number of halogens is 1. The first-order chi connectivity index (χ1) is 16.3. The highest BCUT2D eigenvalue weighted by Gasteiger charge is 2.34. The maximum Gasteiger partial charge on any atom is 0.256 e. The van der Waals surface area contributed by atoms with Gasteiger partial charge in [-0.05, 0) is 55.6 Å². The van der Waals surface area contributed by atoms with Crippen LogP contribution in [0, 0.1) is 5.82 Å². The van der Waals surface area contributed by atoms with Crippen molar-refractivity contribution in [3.05, 3.63) is 71.2 Å². The van der Waals surface area contributed by atoms with Crippen LogP contribution in [0.4, 0.5) is 15.9 Å². The van der Waals surface area contributed by atoms with Gasteiger partial charge in [-0.1, -0.05) is 0 Å². The van der Waals surface area contributed by atoms with Crippen molar-refractivity contribution in [1.29, 1.82) is 0 Å². The van der Waals surface area contributed by atoms with Gasteiger partial charge in [-0.3, -0.25) is 9.89 Å². The lowest BCUT2D eigenvalue weighted by Gasteiger charge is -2.34. The lowest BCUT2D eigenvalue weighted by Crippen LogP contribution is -2.44. The zero-order valence-electron chi connectivity index (χ0n) is 18.7. The van der Waals surface area contributed by atoms with E-state index < -0.39 is 15.8 Å². The lowest BCUT2D eigenvalue weighted by atomic mass is 10.1. The molecule has 1 saturated heterocycles. The number of aromatic nitrogens is 2. The summed E-state index contributed by atoms with van der Waals surface area (Å²) < 4.78 is 40.3. The Balaban J connectivity index is 1.26. The normalized spacial score (nSPS) is 17.1. The molecule has 178 valence electrons. The first kappa shape index (κ1) is 22.5. The Bertz CT molecular complexity index is 1300. The fraction of sp³-hybridized carbons (Fsp3) is 0.304. The summed E-state index contributed by atoms with van der Waals surface area (Å²) in [7, 11) is -1.71. The van der Waals surface area contributed by atoms with Gasteiger partial charge in [0.25, 0.3) is 5.91 Å². The molecule has 9 nitrogen and oxygen atoms in total. The topological polar surface area (TPSA) is 102 Å². The number of hydrogen-bond donors (Lipinski definition) is 2. The number of rotatable bonds is 5. The van der Waals surface area contributed by atoms with E-state index in [0.29, 0.717) is 22.6 Å². The summed E-state index contributed by atoms with van der Waals surface area (Å²) in [6.45, 7) is 4.04. The minimum atomic E-state index is -3.81.